The number of amides is 1. The standard InChI is InChI=1S/C17H14ClN3OS/c18-14-2-1-3-15(10-14)21-9-8-20-17(21)23-11-12-4-6-13(7-5-12)16(19)22/h1-10H,11H2,(H2,19,22). The molecule has 0 atom stereocenters. The van der Waals surface area contributed by atoms with E-state index in [1.54, 1.807) is 30.1 Å². The quantitative estimate of drug-likeness (QED) is 0.714. The molecule has 6 heteroatoms. The van der Waals surface area contributed by atoms with Crippen LogP contribution in [0.5, 0.6) is 0 Å². The molecule has 1 heterocycles. The molecule has 4 nitrogen and oxygen atoms in total. The van der Waals surface area contributed by atoms with Crippen LogP contribution >= 0.6 is 23.4 Å². The van der Waals surface area contributed by atoms with Crippen molar-refractivity contribution in [3.05, 3.63) is 77.1 Å². The fraction of sp³-hybridized carbons (Fsp3) is 0.0588. The molecule has 2 N–H and O–H groups in total. The molecular weight excluding hydrogens is 330 g/mol. The van der Waals surface area contributed by atoms with E-state index in [4.69, 9.17) is 17.3 Å². The largest absolute Gasteiger partial charge is 0.366 e. The molecule has 0 bridgehead atoms. The van der Waals surface area contributed by atoms with Gasteiger partial charge in [-0.05, 0) is 35.9 Å². The molecule has 0 radical (unpaired) electrons. The van der Waals surface area contributed by atoms with Gasteiger partial charge in [0.2, 0.25) is 5.91 Å². The maximum Gasteiger partial charge on any atom is 0.248 e. The zero-order valence-electron chi connectivity index (χ0n) is 12.1. The van der Waals surface area contributed by atoms with Crippen LogP contribution in [0.1, 0.15) is 15.9 Å². The van der Waals surface area contributed by atoms with E-state index in [-0.39, 0.29) is 0 Å². The fourth-order valence-corrected chi connectivity index (χ4v) is 3.25. The highest BCUT2D eigenvalue weighted by Gasteiger charge is 2.07. The first-order chi connectivity index (χ1) is 11.1. The summed E-state index contributed by atoms with van der Waals surface area (Å²) in [6.45, 7) is 0. The fourth-order valence-electron chi connectivity index (χ4n) is 2.13. The second-order valence-electron chi connectivity index (χ2n) is 4.91. The van der Waals surface area contributed by atoms with Crippen LogP contribution < -0.4 is 5.73 Å². The summed E-state index contributed by atoms with van der Waals surface area (Å²) in [5.41, 5.74) is 7.83. The van der Waals surface area contributed by atoms with Crippen LogP contribution in [0, 0.1) is 0 Å². The number of carbonyl (C=O) groups is 1. The van der Waals surface area contributed by atoms with Gasteiger partial charge in [-0.15, -0.1) is 0 Å². The summed E-state index contributed by atoms with van der Waals surface area (Å²) in [6, 6.07) is 14.9. The van der Waals surface area contributed by atoms with Gasteiger partial charge < -0.3 is 5.73 Å². The second kappa shape index (κ2) is 6.89. The molecule has 0 aliphatic rings. The Morgan fingerprint density at radius 2 is 2.00 bits per heavy atom. The number of imidazole rings is 1. The Morgan fingerprint density at radius 1 is 1.22 bits per heavy atom. The number of nitrogens with two attached hydrogens (primary N) is 1. The minimum absolute atomic E-state index is 0.416. The summed E-state index contributed by atoms with van der Waals surface area (Å²) in [5, 5.41) is 1.57. The summed E-state index contributed by atoms with van der Waals surface area (Å²) >= 11 is 7.66. The number of carbonyl (C=O) groups excluding carboxylic acids is 1. The van der Waals surface area contributed by atoms with E-state index in [9.17, 15) is 4.79 Å². The molecule has 0 saturated heterocycles. The summed E-state index contributed by atoms with van der Waals surface area (Å²) in [6.07, 6.45) is 3.67. The highest BCUT2D eigenvalue weighted by molar-refractivity contribution is 7.98. The highest BCUT2D eigenvalue weighted by Crippen LogP contribution is 2.25. The Kier molecular flexibility index (Phi) is 4.69. The van der Waals surface area contributed by atoms with Crippen LogP contribution in [-0.4, -0.2) is 15.5 Å². The number of aromatic nitrogens is 2. The topological polar surface area (TPSA) is 60.9 Å². The Labute approximate surface area is 143 Å². The number of nitrogens with zero attached hydrogens (tertiary/aromatic N) is 2. The summed E-state index contributed by atoms with van der Waals surface area (Å²) in [7, 11) is 0. The van der Waals surface area contributed by atoms with Crippen LogP contribution in [0.3, 0.4) is 0 Å². The van der Waals surface area contributed by atoms with Gasteiger partial charge in [0.1, 0.15) is 0 Å². The van der Waals surface area contributed by atoms with E-state index in [0.29, 0.717) is 10.6 Å². The molecule has 3 rings (SSSR count). The lowest BCUT2D eigenvalue weighted by Crippen LogP contribution is -2.10. The Balaban J connectivity index is 1.74. The number of thioether (sulfide) groups is 1. The van der Waals surface area contributed by atoms with Crippen molar-refractivity contribution in [2.24, 2.45) is 5.73 Å². The number of primary amides is 1. The van der Waals surface area contributed by atoms with Crippen LogP contribution in [0.15, 0.2) is 66.1 Å². The lowest BCUT2D eigenvalue weighted by Gasteiger charge is -2.08. The molecule has 0 aliphatic carbocycles. The molecule has 23 heavy (non-hydrogen) atoms. The maximum absolute atomic E-state index is 11.1. The van der Waals surface area contributed by atoms with Gasteiger partial charge in [0.25, 0.3) is 0 Å². The maximum atomic E-state index is 11.1. The van der Waals surface area contributed by atoms with Crippen LogP contribution in [-0.2, 0) is 5.75 Å². The first kappa shape index (κ1) is 15.6. The van der Waals surface area contributed by atoms with E-state index in [1.165, 1.54) is 0 Å². The third-order valence-corrected chi connectivity index (χ3v) is 4.57. The molecule has 0 unspecified atom stereocenters. The number of benzene rings is 2. The first-order valence-corrected chi connectivity index (χ1v) is 8.30. The van der Waals surface area contributed by atoms with Crippen molar-refractivity contribution in [3.63, 3.8) is 0 Å². The molecule has 0 spiro atoms. The number of hydrogen-bond donors (Lipinski definition) is 1. The van der Waals surface area contributed by atoms with Gasteiger partial charge in [0.05, 0.1) is 0 Å². The monoisotopic (exact) mass is 343 g/mol. The average Bonchev–Trinajstić information content (AvgIpc) is 3.02. The van der Waals surface area contributed by atoms with Crippen molar-refractivity contribution in [2.45, 2.75) is 10.9 Å². The number of hydrogen-bond acceptors (Lipinski definition) is 3. The zero-order valence-corrected chi connectivity index (χ0v) is 13.7. The Bertz CT molecular complexity index is 830. The van der Waals surface area contributed by atoms with Crippen molar-refractivity contribution in [1.29, 1.82) is 0 Å². The van der Waals surface area contributed by atoms with Crippen LogP contribution in [0.4, 0.5) is 0 Å². The Morgan fingerprint density at radius 3 is 2.70 bits per heavy atom. The van der Waals surface area contributed by atoms with Gasteiger partial charge in [-0.3, -0.25) is 9.36 Å². The normalized spacial score (nSPS) is 10.7. The van der Waals surface area contributed by atoms with Crippen molar-refractivity contribution in [3.8, 4) is 5.69 Å². The third kappa shape index (κ3) is 3.75. The van der Waals surface area contributed by atoms with Crippen LogP contribution in [0.2, 0.25) is 5.02 Å². The molecule has 0 fully saturated rings. The van der Waals surface area contributed by atoms with E-state index in [2.05, 4.69) is 4.98 Å². The summed E-state index contributed by atoms with van der Waals surface area (Å²) < 4.78 is 1.99. The van der Waals surface area contributed by atoms with Crippen LogP contribution in [0.25, 0.3) is 5.69 Å². The molecular formula is C17H14ClN3OS. The van der Waals surface area contributed by atoms with E-state index < -0.39 is 5.91 Å². The minimum Gasteiger partial charge on any atom is -0.366 e. The predicted octanol–water partition coefficient (Wildman–Crippen LogP) is 3.92. The van der Waals surface area contributed by atoms with Gasteiger partial charge in [-0.1, -0.05) is 41.6 Å². The highest BCUT2D eigenvalue weighted by atomic mass is 35.5. The van der Waals surface area contributed by atoms with E-state index in [1.807, 2.05) is 47.2 Å². The van der Waals surface area contributed by atoms with Gasteiger partial charge >= 0.3 is 0 Å². The SMILES string of the molecule is NC(=O)c1ccc(CSc2nccn2-c2cccc(Cl)c2)cc1. The van der Waals surface area contributed by atoms with Crippen molar-refractivity contribution in [2.75, 3.05) is 0 Å². The number of halogens is 1. The molecule has 1 aromatic heterocycles. The van der Waals surface area contributed by atoms with E-state index >= 15 is 0 Å². The van der Waals surface area contributed by atoms with Gasteiger partial charge in [-0.2, -0.15) is 0 Å². The summed E-state index contributed by atoms with van der Waals surface area (Å²) in [5.74, 6) is 0.331. The van der Waals surface area contributed by atoms with Gasteiger partial charge in [-0.25, -0.2) is 4.98 Å². The lowest BCUT2D eigenvalue weighted by molar-refractivity contribution is 0.100. The first-order valence-electron chi connectivity index (χ1n) is 6.94. The predicted molar refractivity (Wildman–Crippen MR) is 93.1 cm³/mol. The van der Waals surface area contributed by atoms with E-state index in [0.717, 1.165) is 22.2 Å². The number of rotatable bonds is 5. The smallest absolute Gasteiger partial charge is 0.248 e. The van der Waals surface area contributed by atoms with Gasteiger partial charge in [0, 0.05) is 34.4 Å². The van der Waals surface area contributed by atoms with Crippen molar-refractivity contribution in [1.82, 2.24) is 9.55 Å². The molecule has 1 amide bonds. The molecule has 116 valence electrons. The lowest BCUT2D eigenvalue weighted by atomic mass is 10.1. The minimum atomic E-state index is -0.416. The van der Waals surface area contributed by atoms with Crippen molar-refractivity contribution < 1.29 is 4.79 Å². The summed E-state index contributed by atoms with van der Waals surface area (Å²) in [4.78, 5) is 15.5. The molecule has 0 saturated carbocycles. The molecule has 0 aliphatic heterocycles. The van der Waals surface area contributed by atoms with Gasteiger partial charge in [0.15, 0.2) is 5.16 Å². The average molecular weight is 344 g/mol. The third-order valence-electron chi connectivity index (χ3n) is 3.30. The molecule has 3 aromatic rings. The van der Waals surface area contributed by atoms with Crippen molar-refractivity contribution >= 4 is 29.3 Å². The second-order valence-corrected chi connectivity index (χ2v) is 6.29. The Hall–Kier alpha value is -2.24. The zero-order chi connectivity index (χ0) is 16.2. The molecule has 2 aromatic carbocycles.